The van der Waals surface area contributed by atoms with Crippen LogP contribution in [0.5, 0.6) is 0 Å². The molecule has 10 nitrogen and oxygen atoms in total. The van der Waals surface area contributed by atoms with Crippen LogP contribution in [0.1, 0.15) is 21.0 Å². The second-order valence-corrected chi connectivity index (χ2v) is 7.37. The van der Waals surface area contributed by atoms with Crippen molar-refractivity contribution in [1.82, 2.24) is 30.6 Å². The summed E-state index contributed by atoms with van der Waals surface area (Å²) in [6.07, 6.45) is 1.47. The number of furan rings is 1. The Morgan fingerprint density at radius 1 is 0.829 bits per heavy atom. The van der Waals surface area contributed by atoms with Gasteiger partial charge in [-0.15, -0.1) is 5.10 Å². The molecule has 0 atom stereocenters. The zero-order chi connectivity index (χ0) is 24.2. The van der Waals surface area contributed by atoms with Crippen LogP contribution in [0.25, 0.3) is 28.5 Å². The van der Waals surface area contributed by atoms with Gasteiger partial charge in [0.1, 0.15) is 11.3 Å². The van der Waals surface area contributed by atoms with Gasteiger partial charge in [0.25, 0.3) is 11.5 Å². The molecule has 5 rings (SSSR count). The largest absolute Gasteiger partial charge is 0.463 e. The van der Waals surface area contributed by atoms with E-state index in [1.807, 2.05) is 60.7 Å². The molecule has 172 valence electrons. The van der Waals surface area contributed by atoms with E-state index in [0.717, 1.165) is 5.56 Å². The van der Waals surface area contributed by atoms with E-state index in [0.29, 0.717) is 23.0 Å². The summed E-state index contributed by atoms with van der Waals surface area (Å²) in [5.74, 6) is -0.782. The van der Waals surface area contributed by atoms with Crippen LogP contribution >= 0.6 is 0 Å². The monoisotopic (exact) mass is 466 g/mol. The summed E-state index contributed by atoms with van der Waals surface area (Å²) in [6.45, 7) is 0. The van der Waals surface area contributed by atoms with Crippen LogP contribution in [0.4, 0.5) is 0 Å². The SMILES string of the molecule is O=C(NNC(=O)c1ccc(-c2ccco2)[nH]c1=O)c1nc(-c2ccccc2)n(-c2ccccc2)n1. The standard InChI is InChI=1S/C25H18N6O4/c32-23-18(13-14-19(26-23)20-12-7-15-35-20)24(33)28-29-25(34)21-27-22(16-8-3-1-4-9-16)31(30-21)17-10-5-2-6-11-17/h1-15H,(H,26,32)(H,28,33)(H,29,34). The highest BCUT2D eigenvalue weighted by atomic mass is 16.3. The number of H-pyrrole nitrogens is 1. The number of pyridine rings is 1. The molecule has 10 heteroatoms. The quantitative estimate of drug-likeness (QED) is 0.341. The molecule has 0 spiro atoms. The average molecular weight is 466 g/mol. The number of carbonyl (C=O) groups excluding carboxylic acids is 2. The number of para-hydroxylation sites is 1. The number of hydrogen-bond acceptors (Lipinski definition) is 6. The molecule has 3 heterocycles. The highest BCUT2D eigenvalue weighted by Crippen LogP contribution is 2.21. The van der Waals surface area contributed by atoms with E-state index in [1.165, 1.54) is 18.4 Å². The summed E-state index contributed by atoms with van der Waals surface area (Å²) < 4.78 is 6.78. The summed E-state index contributed by atoms with van der Waals surface area (Å²) in [4.78, 5) is 44.5. The van der Waals surface area contributed by atoms with Crippen LogP contribution in [0, 0.1) is 0 Å². The molecule has 0 saturated carbocycles. The molecule has 35 heavy (non-hydrogen) atoms. The van der Waals surface area contributed by atoms with Gasteiger partial charge in [-0.2, -0.15) is 0 Å². The molecule has 0 aliphatic heterocycles. The smallest absolute Gasteiger partial charge is 0.309 e. The Kier molecular flexibility index (Phi) is 5.75. The highest BCUT2D eigenvalue weighted by molar-refractivity contribution is 5.97. The topological polar surface area (TPSA) is 135 Å². The van der Waals surface area contributed by atoms with Crippen molar-refractivity contribution >= 4 is 11.8 Å². The molecule has 0 bridgehead atoms. The van der Waals surface area contributed by atoms with Gasteiger partial charge in [0.2, 0.25) is 5.82 Å². The maximum absolute atomic E-state index is 12.7. The number of hydrazine groups is 1. The molecule has 0 aliphatic carbocycles. The Morgan fingerprint density at radius 2 is 1.54 bits per heavy atom. The lowest BCUT2D eigenvalue weighted by Gasteiger charge is -2.06. The molecular weight excluding hydrogens is 448 g/mol. The third kappa shape index (κ3) is 4.48. The minimum Gasteiger partial charge on any atom is -0.463 e. The zero-order valence-corrected chi connectivity index (χ0v) is 18.1. The van der Waals surface area contributed by atoms with Crippen molar-refractivity contribution in [2.45, 2.75) is 0 Å². The number of hydrogen-bond donors (Lipinski definition) is 3. The lowest BCUT2D eigenvalue weighted by molar-refractivity contribution is 0.0840. The number of nitrogens with zero attached hydrogens (tertiary/aromatic N) is 3. The molecule has 5 aromatic rings. The first-order valence-electron chi connectivity index (χ1n) is 10.6. The number of amides is 2. The Morgan fingerprint density at radius 3 is 2.23 bits per heavy atom. The minimum absolute atomic E-state index is 0.157. The number of rotatable bonds is 5. The predicted molar refractivity (Wildman–Crippen MR) is 126 cm³/mol. The lowest BCUT2D eigenvalue weighted by Crippen LogP contribution is -2.43. The first kappa shape index (κ1) is 21.6. The molecule has 0 fully saturated rings. The fourth-order valence-corrected chi connectivity index (χ4v) is 3.40. The summed E-state index contributed by atoms with van der Waals surface area (Å²) in [6, 6.07) is 24.8. The summed E-state index contributed by atoms with van der Waals surface area (Å²) in [7, 11) is 0. The van der Waals surface area contributed by atoms with Gasteiger partial charge in [0.15, 0.2) is 5.82 Å². The van der Waals surface area contributed by atoms with E-state index < -0.39 is 17.4 Å². The second-order valence-electron chi connectivity index (χ2n) is 7.37. The Labute approximate surface area is 198 Å². The summed E-state index contributed by atoms with van der Waals surface area (Å²) >= 11 is 0. The fourth-order valence-electron chi connectivity index (χ4n) is 3.40. The van der Waals surface area contributed by atoms with Crippen molar-refractivity contribution in [1.29, 1.82) is 0 Å². The van der Waals surface area contributed by atoms with E-state index >= 15 is 0 Å². The van der Waals surface area contributed by atoms with E-state index in [1.54, 1.807) is 16.8 Å². The van der Waals surface area contributed by atoms with Crippen molar-refractivity contribution < 1.29 is 14.0 Å². The number of nitrogens with one attached hydrogen (secondary N) is 3. The van der Waals surface area contributed by atoms with Gasteiger partial charge >= 0.3 is 5.91 Å². The van der Waals surface area contributed by atoms with Crippen LogP contribution in [0.15, 0.2) is 100 Å². The lowest BCUT2D eigenvalue weighted by atomic mass is 10.2. The Hall–Kier alpha value is -5.25. The number of carbonyl (C=O) groups is 2. The highest BCUT2D eigenvalue weighted by Gasteiger charge is 2.20. The second kappa shape index (κ2) is 9.32. The van der Waals surface area contributed by atoms with Gasteiger partial charge in [-0.25, -0.2) is 9.67 Å². The van der Waals surface area contributed by atoms with Crippen molar-refractivity contribution in [2.75, 3.05) is 0 Å². The molecule has 0 saturated heterocycles. The third-order valence-electron chi connectivity index (χ3n) is 5.07. The molecule has 3 N–H and O–H groups in total. The molecule has 2 aromatic carbocycles. The van der Waals surface area contributed by atoms with Gasteiger partial charge in [-0.05, 0) is 36.4 Å². The van der Waals surface area contributed by atoms with Crippen LogP contribution in [-0.4, -0.2) is 31.6 Å². The van der Waals surface area contributed by atoms with E-state index in [4.69, 9.17) is 4.42 Å². The fraction of sp³-hybridized carbons (Fsp3) is 0. The van der Waals surface area contributed by atoms with Gasteiger partial charge in [0.05, 0.1) is 17.6 Å². The zero-order valence-electron chi connectivity index (χ0n) is 18.1. The first-order chi connectivity index (χ1) is 17.1. The first-order valence-corrected chi connectivity index (χ1v) is 10.6. The predicted octanol–water partition coefficient (Wildman–Crippen LogP) is 2.96. The summed E-state index contributed by atoms with van der Waals surface area (Å²) in [5, 5.41) is 4.33. The maximum atomic E-state index is 12.7. The van der Waals surface area contributed by atoms with E-state index in [2.05, 4.69) is 25.9 Å². The molecule has 2 amide bonds. The van der Waals surface area contributed by atoms with Crippen LogP contribution in [-0.2, 0) is 0 Å². The maximum Gasteiger partial charge on any atom is 0.309 e. The van der Waals surface area contributed by atoms with Crippen molar-refractivity contribution in [3.63, 3.8) is 0 Å². The number of aromatic amines is 1. The molecular formula is C25H18N6O4. The number of aromatic nitrogens is 4. The van der Waals surface area contributed by atoms with Gasteiger partial charge in [0, 0.05) is 5.56 Å². The Balaban J connectivity index is 1.35. The number of benzene rings is 2. The van der Waals surface area contributed by atoms with Crippen molar-refractivity contribution in [2.24, 2.45) is 0 Å². The van der Waals surface area contributed by atoms with E-state index in [-0.39, 0.29) is 11.4 Å². The minimum atomic E-state index is -0.795. The van der Waals surface area contributed by atoms with Crippen molar-refractivity contribution in [3.05, 3.63) is 113 Å². The Bertz CT molecular complexity index is 1480. The van der Waals surface area contributed by atoms with Gasteiger partial charge in [-0.1, -0.05) is 48.5 Å². The third-order valence-corrected chi connectivity index (χ3v) is 5.07. The van der Waals surface area contributed by atoms with Gasteiger partial charge < -0.3 is 9.40 Å². The molecule has 3 aromatic heterocycles. The van der Waals surface area contributed by atoms with Crippen LogP contribution < -0.4 is 16.4 Å². The van der Waals surface area contributed by atoms with Gasteiger partial charge in [-0.3, -0.25) is 25.2 Å². The normalized spacial score (nSPS) is 10.6. The van der Waals surface area contributed by atoms with Crippen molar-refractivity contribution in [3.8, 4) is 28.5 Å². The van der Waals surface area contributed by atoms with Crippen LogP contribution in [0.2, 0.25) is 0 Å². The van der Waals surface area contributed by atoms with Crippen LogP contribution in [0.3, 0.4) is 0 Å². The van der Waals surface area contributed by atoms with E-state index in [9.17, 15) is 14.4 Å². The molecule has 0 unspecified atom stereocenters. The molecule has 0 aliphatic rings. The molecule has 0 radical (unpaired) electrons. The average Bonchev–Trinajstić information content (AvgIpc) is 3.59. The summed E-state index contributed by atoms with van der Waals surface area (Å²) in [5.41, 5.74) is 5.56.